The summed E-state index contributed by atoms with van der Waals surface area (Å²) < 4.78 is 0. The van der Waals surface area contributed by atoms with E-state index in [2.05, 4.69) is 46.9 Å². The molecule has 1 heteroatoms. The van der Waals surface area contributed by atoms with Crippen LogP contribution in [0.5, 0.6) is 0 Å². The third-order valence-electron chi connectivity index (χ3n) is 6.34. The van der Waals surface area contributed by atoms with Gasteiger partial charge in [-0.25, -0.2) is 0 Å². The molecule has 0 radical (unpaired) electrons. The lowest BCUT2D eigenvalue weighted by Crippen LogP contribution is -2.40. The van der Waals surface area contributed by atoms with E-state index in [0.717, 1.165) is 23.8 Å². The molecule has 2 saturated carbocycles. The minimum absolute atomic E-state index is 0.533. The summed E-state index contributed by atoms with van der Waals surface area (Å²) in [5.41, 5.74) is 1.07. The van der Waals surface area contributed by atoms with Gasteiger partial charge < -0.3 is 5.32 Å². The van der Waals surface area contributed by atoms with Crippen LogP contribution in [0.2, 0.25) is 0 Å². The van der Waals surface area contributed by atoms with Crippen molar-refractivity contribution in [3.05, 3.63) is 0 Å². The fraction of sp³-hybridized carbons (Fsp3) is 1.00. The molecule has 0 bridgehead atoms. The van der Waals surface area contributed by atoms with Gasteiger partial charge in [-0.3, -0.25) is 0 Å². The zero-order valence-corrected chi connectivity index (χ0v) is 12.6. The van der Waals surface area contributed by atoms with Gasteiger partial charge in [0, 0.05) is 6.04 Å². The maximum Gasteiger partial charge on any atom is 0.00930 e. The first kappa shape index (κ1) is 13.4. The molecule has 0 aromatic carbocycles. The Morgan fingerprint density at radius 2 is 1.59 bits per heavy atom. The molecule has 0 heterocycles. The predicted octanol–water partition coefficient (Wildman–Crippen LogP) is 4.08. The summed E-state index contributed by atoms with van der Waals surface area (Å²) in [6.45, 7) is 15.7. The van der Waals surface area contributed by atoms with Gasteiger partial charge in [0.2, 0.25) is 0 Å². The molecule has 3 unspecified atom stereocenters. The van der Waals surface area contributed by atoms with Crippen molar-refractivity contribution in [3.63, 3.8) is 0 Å². The van der Waals surface area contributed by atoms with Gasteiger partial charge in [0.1, 0.15) is 0 Å². The Balaban J connectivity index is 1.80. The fourth-order valence-electron chi connectivity index (χ4n) is 4.08. The molecule has 0 aromatic rings. The Morgan fingerprint density at radius 1 is 1.00 bits per heavy atom. The summed E-state index contributed by atoms with van der Waals surface area (Å²) in [4.78, 5) is 0. The molecule has 2 aliphatic rings. The van der Waals surface area contributed by atoms with Crippen LogP contribution in [0.15, 0.2) is 0 Å². The van der Waals surface area contributed by atoms with E-state index in [1.165, 1.54) is 25.8 Å². The van der Waals surface area contributed by atoms with Crippen molar-refractivity contribution < 1.29 is 0 Å². The number of rotatable bonds is 3. The Kier molecular flexibility index (Phi) is 3.36. The van der Waals surface area contributed by atoms with E-state index < -0.39 is 0 Å². The maximum atomic E-state index is 3.87. The van der Waals surface area contributed by atoms with Crippen LogP contribution in [-0.2, 0) is 0 Å². The lowest BCUT2D eigenvalue weighted by Gasteiger charge is -2.33. The van der Waals surface area contributed by atoms with E-state index >= 15 is 0 Å². The first-order valence-electron chi connectivity index (χ1n) is 7.50. The highest BCUT2D eigenvalue weighted by molar-refractivity contribution is 5.13. The number of hydrogen-bond donors (Lipinski definition) is 1. The summed E-state index contributed by atoms with van der Waals surface area (Å²) >= 11 is 0. The van der Waals surface area contributed by atoms with Gasteiger partial charge in [0.15, 0.2) is 0 Å². The number of nitrogens with one attached hydrogen (secondary N) is 1. The van der Waals surface area contributed by atoms with E-state index in [0.29, 0.717) is 10.8 Å². The Hall–Kier alpha value is -0.0400. The molecular formula is C16H31N. The van der Waals surface area contributed by atoms with Gasteiger partial charge in [0.25, 0.3) is 0 Å². The minimum atomic E-state index is 0.533. The first-order valence-corrected chi connectivity index (χ1v) is 7.50. The summed E-state index contributed by atoms with van der Waals surface area (Å²) in [7, 11) is 0. The second-order valence-corrected chi connectivity index (χ2v) is 7.91. The number of hydrogen-bond acceptors (Lipinski definition) is 1. The quantitative estimate of drug-likeness (QED) is 0.780. The van der Waals surface area contributed by atoms with Crippen LogP contribution in [0.4, 0.5) is 0 Å². The Morgan fingerprint density at radius 3 is 2.06 bits per heavy atom. The lowest BCUT2D eigenvalue weighted by atomic mass is 9.80. The van der Waals surface area contributed by atoms with Crippen LogP contribution in [0, 0.1) is 28.6 Å². The van der Waals surface area contributed by atoms with Crippen molar-refractivity contribution in [2.45, 2.75) is 66.8 Å². The summed E-state index contributed by atoms with van der Waals surface area (Å²) in [5, 5.41) is 3.87. The van der Waals surface area contributed by atoms with Gasteiger partial charge in [-0.2, -0.15) is 0 Å². The van der Waals surface area contributed by atoms with Crippen molar-refractivity contribution >= 4 is 0 Å². The largest absolute Gasteiger partial charge is 0.313 e. The summed E-state index contributed by atoms with van der Waals surface area (Å²) in [6, 6.07) is 0.776. The van der Waals surface area contributed by atoms with Crippen LogP contribution in [-0.4, -0.2) is 12.6 Å². The smallest absolute Gasteiger partial charge is 0.00930 e. The van der Waals surface area contributed by atoms with Crippen molar-refractivity contribution in [2.24, 2.45) is 28.6 Å². The van der Waals surface area contributed by atoms with E-state index in [-0.39, 0.29) is 0 Å². The van der Waals surface area contributed by atoms with Crippen molar-refractivity contribution in [1.82, 2.24) is 5.32 Å². The molecule has 0 saturated heterocycles. The molecule has 0 amide bonds. The molecule has 17 heavy (non-hydrogen) atoms. The van der Waals surface area contributed by atoms with E-state index in [1.54, 1.807) is 0 Å². The topological polar surface area (TPSA) is 12.0 Å². The molecule has 100 valence electrons. The van der Waals surface area contributed by atoms with E-state index in [4.69, 9.17) is 0 Å². The zero-order chi connectivity index (χ0) is 12.8. The molecule has 2 rings (SSSR count). The second-order valence-electron chi connectivity index (χ2n) is 7.91. The standard InChI is InChI=1S/C16H31N/c1-11-7-8-13(12(2)9-11)17-10-14-15(3,4)16(14,5)6/h11-14,17H,7-10H2,1-6H3. The Bertz CT molecular complexity index is 265. The molecule has 2 aliphatic carbocycles. The molecular weight excluding hydrogens is 206 g/mol. The van der Waals surface area contributed by atoms with Crippen LogP contribution < -0.4 is 5.32 Å². The zero-order valence-electron chi connectivity index (χ0n) is 12.6. The van der Waals surface area contributed by atoms with Crippen molar-refractivity contribution in [2.75, 3.05) is 6.54 Å². The Labute approximate surface area is 108 Å². The van der Waals surface area contributed by atoms with Gasteiger partial charge in [-0.05, 0) is 54.4 Å². The van der Waals surface area contributed by atoms with Crippen LogP contribution in [0.3, 0.4) is 0 Å². The highest BCUT2D eigenvalue weighted by atomic mass is 15.0. The SMILES string of the molecule is CC1CCC(NCC2C(C)(C)C2(C)C)C(C)C1. The monoisotopic (exact) mass is 237 g/mol. The van der Waals surface area contributed by atoms with Gasteiger partial charge in [0.05, 0.1) is 0 Å². The summed E-state index contributed by atoms with van der Waals surface area (Å²) in [5.74, 6) is 2.67. The fourth-order valence-corrected chi connectivity index (χ4v) is 4.08. The van der Waals surface area contributed by atoms with Crippen molar-refractivity contribution in [3.8, 4) is 0 Å². The third kappa shape index (κ3) is 2.28. The maximum absolute atomic E-state index is 3.87. The average Bonchev–Trinajstić information content (AvgIpc) is 2.58. The molecule has 1 nitrogen and oxygen atoms in total. The van der Waals surface area contributed by atoms with Crippen molar-refractivity contribution in [1.29, 1.82) is 0 Å². The highest BCUT2D eigenvalue weighted by Crippen LogP contribution is 2.68. The van der Waals surface area contributed by atoms with Crippen LogP contribution in [0.25, 0.3) is 0 Å². The first-order chi connectivity index (χ1) is 7.76. The normalized spacial score (nSPS) is 40.2. The van der Waals surface area contributed by atoms with E-state index in [1.807, 2.05) is 0 Å². The van der Waals surface area contributed by atoms with E-state index in [9.17, 15) is 0 Å². The molecule has 0 spiro atoms. The minimum Gasteiger partial charge on any atom is -0.313 e. The van der Waals surface area contributed by atoms with Gasteiger partial charge in [-0.15, -0.1) is 0 Å². The van der Waals surface area contributed by atoms with Gasteiger partial charge >= 0.3 is 0 Å². The molecule has 1 N–H and O–H groups in total. The molecule has 3 atom stereocenters. The molecule has 0 aliphatic heterocycles. The average molecular weight is 237 g/mol. The lowest BCUT2D eigenvalue weighted by molar-refractivity contribution is 0.224. The second kappa shape index (κ2) is 4.26. The molecule has 2 fully saturated rings. The predicted molar refractivity (Wildman–Crippen MR) is 75.0 cm³/mol. The third-order valence-corrected chi connectivity index (χ3v) is 6.34. The van der Waals surface area contributed by atoms with Crippen LogP contribution >= 0.6 is 0 Å². The van der Waals surface area contributed by atoms with Crippen LogP contribution in [0.1, 0.15) is 60.8 Å². The molecule has 0 aromatic heterocycles. The van der Waals surface area contributed by atoms with Gasteiger partial charge in [-0.1, -0.05) is 41.5 Å². The summed E-state index contributed by atoms with van der Waals surface area (Å²) in [6.07, 6.45) is 4.21. The highest BCUT2D eigenvalue weighted by Gasteiger charge is 2.63.